The normalized spacial score (nSPS) is 13.3. The molecule has 1 aromatic heterocycles. The van der Waals surface area contributed by atoms with Crippen LogP contribution in [-0.4, -0.2) is 47.7 Å². The average Bonchev–Trinajstić information content (AvgIpc) is 3.03. The van der Waals surface area contributed by atoms with Crippen LogP contribution in [0.25, 0.3) is 11.4 Å². The van der Waals surface area contributed by atoms with Crippen molar-refractivity contribution in [2.24, 2.45) is 5.10 Å². The average molecular weight is 334 g/mol. The molecular weight excluding hydrogens is 316 g/mol. The van der Waals surface area contributed by atoms with Crippen molar-refractivity contribution in [3.63, 3.8) is 0 Å². The first kappa shape index (κ1) is 15.7. The van der Waals surface area contributed by atoms with Crippen molar-refractivity contribution >= 4 is 17.5 Å². The molecule has 7 nitrogen and oxygen atoms in total. The predicted molar refractivity (Wildman–Crippen MR) is 89.0 cm³/mol. The highest BCUT2D eigenvalue weighted by Gasteiger charge is 2.22. The van der Waals surface area contributed by atoms with Gasteiger partial charge in [-0.1, -0.05) is 18.7 Å². The second-order valence-electron chi connectivity index (χ2n) is 4.84. The molecule has 2 aromatic rings. The van der Waals surface area contributed by atoms with Crippen LogP contribution >= 0.6 is 11.8 Å². The molecule has 0 radical (unpaired) electrons. The zero-order valence-corrected chi connectivity index (χ0v) is 14.3. The number of hydrogen-bond donors (Lipinski definition) is 0. The van der Waals surface area contributed by atoms with Gasteiger partial charge in [0.1, 0.15) is 0 Å². The molecule has 0 amide bonds. The number of thioether (sulfide) groups is 1. The van der Waals surface area contributed by atoms with Crippen molar-refractivity contribution in [2.75, 3.05) is 27.1 Å². The molecule has 0 atom stereocenters. The number of nitrogens with zero attached hydrogens (tertiary/aromatic N) is 4. The fourth-order valence-corrected chi connectivity index (χ4v) is 3.23. The molecule has 0 N–H and O–H groups in total. The van der Waals surface area contributed by atoms with E-state index in [0.29, 0.717) is 23.1 Å². The van der Waals surface area contributed by atoms with Crippen molar-refractivity contribution in [1.82, 2.24) is 14.9 Å². The Bertz CT molecular complexity index is 732. The van der Waals surface area contributed by atoms with Crippen molar-refractivity contribution in [1.29, 1.82) is 0 Å². The Hall–Kier alpha value is -2.22. The minimum Gasteiger partial charge on any atom is -0.493 e. The van der Waals surface area contributed by atoms with E-state index in [0.717, 1.165) is 28.6 Å². The van der Waals surface area contributed by atoms with Crippen LogP contribution < -0.4 is 14.2 Å². The quantitative estimate of drug-likeness (QED) is 0.837. The van der Waals surface area contributed by atoms with Gasteiger partial charge in [-0.25, -0.2) is 0 Å². The molecule has 23 heavy (non-hydrogen) atoms. The first-order valence-electron chi connectivity index (χ1n) is 7.17. The van der Waals surface area contributed by atoms with Crippen LogP contribution in [-0.2, 0) is 0 Å². The molecule has 122 valence electrons. The van der Waals surface area contributed by atoms with Crippen LogP contribution in [0.15, 0.2) is 22.4 Å². The molecule has 0 spiro atoms. The van der Waals surface area contributed by atoms with Gasteiger partial charge in [0.25, 0.3) is 0 Å². The molecule has 0 bridgehead atoms. The summed E-state index contributed by atoms with van der Waals surface area (Å²) in [5.74, 6) is 3.19. The van der Waals surface area contributed by atoms with Gasteiger partial charge in [0.2, 0.25) is 10.9 Å². The van der Waals surface area contributed by atoms with Gasteiger partial charge in [0, 0.05) is 17.0 Å². The topological polar surface area (TPSA) is 70.8 Å². The fraction of sp³-hybridized carbons (Fsp3) is 0.400. The third-order valence-corrected chi connectivity index (χ3v) is 4.54. The van der Waals surface area contributed by atoms with Crippen LogP contribution in [0, 0.1) is 0 Å². The van der Waals surface area contributed by atoms with Gasteiger partial charge in [-0.2, -0.15) is 9.78 Å². The molecule has 8 heteroatoms. The summed E-state index contributed by atoms with van der Waals surface area (Å²) in [5, 5.41) is 13.9. The van der Waals surface area contributed by atoms with Crippen LogP contribution in [0.5, 0.6) is 17.2 Å². The summed E-state index contributed by atoms with van der Waals surface area (Å²) in [5.41, 5.74) is 1.91. The number of ether oxygens (including phenoxy) is 3. The zero-order valence-electron chi connectivity index (χ0n) is 13.5. The molecule has 2 heterocycles. The van der Waals surface area contributed by atoms with Crippen molar-refractivity contribution in [2.45, 2.75) is 18.5 Å². The van der Waals surface area contributed by atoms with E-state index in [1.807, 2.05) is 12.1 Å². The van der Waals surface area contributed by atoms with E-state index >= 15 is 0 Å². The molecule has 0 fully saturated rings. The number of rotatable bonds is 5. The summed E-state index contributed by atoms with van der Waals surface area (Å²) in [4.78, 5) is 0. The van der Waals surface area contributed by atoms with Gasteiger partial charge < -0.3 is 14.2 Å². The predicted octanol–water partition coefficient (Wildman–Crippen LogP) is 2.69. The lowest BCUT2D eigenvalue weighted by atomic mass is 10.1. The fourth-order valence-electron chi connectivity index (χ4n) is 2.33. The standard InChI is InChI=1S/C15H18N4O3S/c1-5-10-8-23-15-17-16-14(19(15)18-10)9-6-11(20-2)13(22-4)12(7-9)21-3/h6-7H,5,8H2,1-4H3. The second-order valence-corrected chi connectivity index (χ2v) is 5.78. The summed E-state index contributed by atoms with van der Waals surface area (Å²) < 4.78 is 17.9. The van der Waals surface area contributed by atoms with Gasteiger partial charge >= 0.3 is 0 Å². The molecule has 3 rings (SSSR count). The summed E-state index contributed by atoms with van der Waals surface area (Å²) in [6.45, 7) is 2.09. The van der Waals surface area contributed by atoms with E-state index in [1.54, 1.807) is 37.8 Å². The van der Waals surface area contributed by atoms with Crippen LogP contribution in [0.2, 0.25) is 0 Å². The Morgan fingerprint density at radius 3 is 2.35 bits per heavy atom. The van der Waals surface area contributed by atoms with Gasteiger partial charge in [-0.15, -0.1) is 10.2 Å². The first-order chi connectivity index (χ1) is 11.2. The van der Waals surface area contributed by atoms with Crippen LogP contribution in [0.4, 0.5) is 0 Å². The Balaban J connectivity index is 2.14. The molecular formula is C15H18N4O3S. The summed E-state index contributed by atoms with van der Waals surface area (Å²) in [7, 11) is 4.75. The molecule has 1 aliphatic heterocycles. The molecule has 0 saturated carbocycles. The zero-order chi connectivity index (χ0) is 16.4. The van der Waals surface area contributed by atoms with Crippen molar-refractivity contribution in [3.8, 4) is 28.6 Å². The van der Waals surface area contributed by atoms with E-state index in [9.17, 15) is 0 Å². The van der Waals surface area contributed by atoms with E-state index in [-0.39, 0.29) is 0 Å². The van der Waals surface area contributed by atoms with Crippen molar-refractivity contribution < 1.29 is 14.2 Å². The third kappa shape index (κ3) is 2.74. The number of fused-ring (bicyclic) bond motifs is 1. The Labute approximate surface area is 138 Å². The van der Waals surface area contributed by atoms with Crippen LogP contribution in [0.3, 0.4) is 0 Å². The highest BCUT2D eigenvalue weighted by atomic mass is 32.2. The van der Waals surface area contributed by atoms with Crippen LogP contribution in [0.1, 0.15) is 13.3 Å². The molecule has 0 saturated heterocycles. The lowest BCUT2D eigenvalue weighted by Gasteiger charge is -2.15. The lowest BCUT2D eigenvalue weighted by molar-refractivity contribution is 0.324. The van der Waals surface area contributed by atoms with Crippen molar-refractivity contribution in [3.05, 3.63) is 12.1 Å². The summed E-state index contributed by atoms with van der Waals surface area (Å²) >= 11 is 1.64. The largest absolute Gasteiger partial charge is 0.493 e. The number of methoxy groups -OCH3 is 3. The maximum absolute atomic E-state index is 5.40. The highest BCUT2D eigenvalue weighted by molar-refractivity contribution is 7.99. The first-order valence-corrected chi connectivity index (χ1v) is 8.15. The molecule has 0 aliphatic carbocycles. The monoisotopic (exact) mass is 334 g/mol. The maximum atomic E-state index is 5.40. The van der Waals surface area contributed by atoms with Gasteiger partial charge in [-0.05, 0) is 18.6 Å². The van der Waals surface area contributed by atoms with E-state index in [1.165, 1.54) is 0 Å². The van der Waals surface area contributed by atoms with Gasteiger partial charge in [0.15, 0.2) is 17.3 Å². The maximum Gasteiger partial charge on any atom is 0.212 e. The molecule has 1 aliphatic rings. The molecule has 0 unspecified atom stereocenters. The second kappa shape index (κ2) is 6.49. The minimum absolute atomic E-state index is 0.546. The Morgan fingerprint density at radius 1 is 1.09 bits per heavy atom. The highest BCUT2D eigenvalue weighted by Crippen LogP contribution is 2.41. The van der Waals surface area contributed by atoms with Gasteiger partial charge in [-0.3, -0.25) is 0 Å². The lowest BCUT2D eigenvalue weighted by Crippen LogP contribution is -2.11. The van der Waals surface area contributed by atoms with E-state index in [2.05, 4.69) is 22.2 Å². The summed E-state index contributed by atoms with van der Waals surface area (Å²) in [6.07, 6.45) is 0.902. The van der Waals surface area contributed by atoms with Gasteiger partial charge in [0.05, 0.1) is 21.3 Å². The smallest absolute Gasteiger partial charge is 0.212 e. The van der Waals surface area contributed by atoms with E-state index in [4.69, 9.17) is 14.2 Å². The summed E-state index contributed by atoms with van der Waals surface area (Å²) in [6, 6.07) is 3.69. The minimum atomic E-state index is 0.546. The number of hydrogen-bond acceptors (Lipinski definition) is 7. The third-order valence-electron chi connectivity index (χ3n) is 3.55. The molecule has 1 aromatic carbocycles. The Kier molecular flexibility index (Phi) is 4.42. The Morgan fingerprint density at radius 2 is 1.78 bits per heavy atom. The SMILES string of the molecule is CCC1=Nn2c(nnc2-c2cc(OC)c(OC)c(OC)c2)SC1. The number of benzene rings is 1. The van der Waals surface area contributed by atoms with E-state index < -0.39 is 0 Å². The number of aromatic nitrogens is 3.